The lowest BCUT2D eigenvalue weighted by Gasteiger charge is -2.12. The molecule has 148 valence electrons. The van der Waals surface area contributed by atoms with Crippen molar-refractivity contribution >= 4 is 23.7 Å². The molecule has 6 nitrogen and oxygen atoms in total. The van der Waals surface area contributed by atoms with Gasteiger partial charge in [0.15, 0.2) is 0 Å². The van der Waals surface area contributed by atoms with E-state index in [1.54, 1.807) is 6.21 Å². The Morgan fingerprint density at radius 3 is 2.21 bits per heavy atom. The molecule has 0 aliphatic heterocycles. The van der Waals surface area contributed by atoms with Gasteiger partial charge in [-0.3, -0.25) is 9.59 Å². The molecule has 28 heavy (non-hydrogen) atoms. The van der Waals surface area contributed by atoms with Gasteiger partial charge in [0.05, 0.1) is 12.8 Å². The second kappa shape index (κ2) is 10.3. The highest BCUT2D eigenvalue weighted by molar-refractivity contribution is 5.94. The highest BCUT2D eigenvalue weighted by Crippen LogP contribution is 2.22. The number of hydrazone groups is 1. The van der Waals surface area contributed by atoms with E-state index < -0.39 is 0 Å². The molecule has 0 saturated carbocycles. The molecular weight excluding hydrogens is 354 g/mol. The minimum absolute atomic E-state index is 0.0659. The molecule has 0 aromatic heterocycles. The molecule has 0 unspecified atom stereocenters. The first-order chi connectivity index (χ1) is 13.4. The van der Waals surface area contributed by atoms with Crippen LogP contribution in [0.1, 0.15) is 42.0 Å². The third-order valence-electron chi connectivity index (χ3n) is 4.11. The van der Waals surface area contributed by atoms with Crippen LogP contribution >= 0.6 is 0 Å². The summed E-state index contributed by atoms with van der Waals surface area (Å²) in [5, 5.41) is 6.81. The summed E-state index contributed by atoms with van der Waals surface area (Å²) in [6.07, 6.45) is 1.71. The Bertz CT molecular complexity index is 835. The molecule has 2 amide bonds. The Hall–Kier alpha value is -3.15. The fourth-order valence-electron chi connectivity index (χ4n) is 2.86. The van der Waals surface area contributed by atoms with E-state index in [1.165, 1.54) is 0 Å². The van der Waals surface area contributed by atoms with Crippen LogP contribution in [-0.4, -0.2) is 24.6 Å². The van der Waals surface area contributed by atoms with Gasteiger partial charge < -0.3 is 10.1 Å². The lowest BCUT2D eigenvalue weighted by molar-refractivity contribution is -0.124. The zero-order valence-electron chi connectivity index (χ0n) is 16.8. The Morgan fingerprint density at radius 1 is 1.00 bits per heavy atom. The number of carbonyl (C=O) groups excluding carboxylic acids is 2. The average molecular weight is 381 g/mol. The number of carbonyl (C=O) groups is 2. The van der Waals surface area contributed by atoms with Crippen molar-refractivity contribution in [3.8, 4) is 5.75 Å². The molecule has 0 fully saturated rings. The Morgan fingerprint density at radius 2 is 1.61 bits per heavy atom. The number of hydrogen-bond acceptors (Lipinski definition) is 4. The second-order valence-corrected chi connectivity index (χ2v) is 6.62. The standard InChI is InChI=1S/C22H27N3O3/c1-5-28-19-8-6-18(7-9-19)14-23-25-21(27)11-10-20(26)24-22-16(3)12-15(2)13-17(22)4/h6-9,12-14H,5,10-11H2,1-4H3,(H,24,26)(H,25,27). The molecule has 0 radical (unpaired) electrons. The fourth-order valence-corrected chi connectivity index (χ4v) is 2.86. The van der Waals surface area contributed by atoms with Crippen LogP contribution in [0.15, 0.2) is 41.5 Å². The van der Waals surface area contributed by atoms with E-state index in [4.69, 9.17) is 4.74 Å². The largest absolute Gasteiger partial charge is 0.494 e. The number of rotatable bonds is 8. The van der Waals surface area contributed by atoms with Crippen molar-refractivity contribution in [1.82, 2.24) is 5.43 Å². The minimum atomic E-state index is -0.310. The normalized spacial score (nSPS) is 10.7. The molecule has 2 N–H and O–H groups in total. The maximum atomic E-state index is 12.1. The molecule has 0 saturated heterocycles. The van der Waals surface area contributed by atoms with Crippen molar-refractivity contribution in [3.63, 3.8) is 0 Å². The lowest BCUT2D eigenvalue weighted by Crippen LogP contribution is -2.21. The SMILES string of the molecule is CCOc1ccc(C=NNC(=O)CCC(=O)Nc2c(C)cc(C)cc2C)cc1. The molecule has 0 spiro atoms. The Kier molecular flexibility index (Phi) is 7.75. The quantitative estimate of drug-likeness (QED) is 0.538. The first-order valence-electron chi connectivity index (χ1n) is 9.31. The van der Waals surface area contributed by atoms with E-state index in [2.05, 4.69) is 15.8 Å². The van der Waals surface area contributed by atoms with Gasteiger partial charge in [0.1, 0.15) is 5.75 Å². The number of nitrogens with one attached hydrogen (secondary N) is 2. The number of aryl methyl sites for hydroxylation is 3. The summed E-state index contributed by atoms with van der Waals surface area (Å²) in [5.41, 5.74) is 7.26. The summed E-state index contributed by atoms with van der Waals surface area (Å²) in [6, 6.07) is 11.4. The monoisotopic (exact) mass is 381 g/mol. The van der Waals surface area contributed by atoms with Crippen molar-refractivity contribution in [2.45, 2.75) is 40.5 Å². The van der Waals surface area contributed by atoms with Gasteiger partial charge in [-0.1, -0.05) is 17.7 Å². The van der Waals surface area contributed by atoms with Crippen LogP contribution < -0.4 is 15.5 Å². The van der Waals surface area contributed by atoms with E-state index in [9.17, 15) is 9.59 Å². The number of hydrogen-bond donors (Lipinski definition) is 2. The minimum Gasteiger partial charge on any atom is -0.494 e. The second-order valence-electron chi connectivity index (χ2n) is 6.62. The van der Waals surface area contributed by atoms with Gasteiger partial charge in [0.25, 0.3) is 0 Å². The van der Waals surface area contributed by atoms with Crippen LogP contribution in [0.2, 0.25) is 0 Å². The molecular formula is C22H27N3O3. The molecule has 2 rings (SSSR count). The van der Waals surface area contributed by atoms with Gasteiger partial charge in [-0.15, -0.1) is 0 Å². The smallest absolute Gasteiger partial charge is 0.240 e. The number of anilines is 1. The van der Waals surface area contributed by atoms with E-state index in [-0.39, 0.29) is 24.7 Å². The van der Waals surface area contributed by atoms with Gasteiger partial charge in [-0.2, -0.15) is 5.10 Å². The summed E-state index contributed by atoms with van der Waals surface area (Å²) in [4.78, 5) is 24.0. The molecule has 0 atom stereocenters. The predicted molar refractivity (Wildman–Crippen MR) is 112 cm³/mol. The third-order valence-corrected chi connectivity index (χ3v) is 4.11. The Labute approximate surface area is 166 Å². The summed E-state index contributed by atoms with van der Waals surface area (Å²) in [5.74, 6) is 0.282. The van der Waals surface area contributed by atoms with Crippen molar-refractivity contribution in [3.05, 3.63) is 58.7 Å². The van der Waals surface area contributed by atoms with Crippen LogP contribution in [0.4, 0.5) is 5.69 Å². The summed E-state index contributed by atoms with van der Waals surface area (Å²) in [6.45, 7) is 8.47. The van der Waals surface area contributed by atoms with E-state index >= 15 is 0 Å². The van der Waals surface area contributed by atoms with Crippen molar-refractivity contribution in [1.29, 1.82) is 0 Å². The van der Waals surface area contributed by atoms with Crippen LogP contribution in [0, 0.1) is 20.8 Å². The number of nitrogens with zero attached hydrogens (tertiary/aromatic N) is 1. The molecule has 0 bridgehead atoms. The molecule has 2 aromatic carbocycles. The van der Waals surface area contributed by atoms with Gasteiger partial charge >= 0.3 is 0 Å². The summed E-state index contributed by atoms with van der Waals surface area (Å²) in [7, 11) is 0. The third kappa shape index (κ3) is 6.54. The van der Waals surface area contributed by atoms with E-state index in [0.29, 0.717) is 6.61 Å². The summed E-state index contributed by atoms with van der Waals surface area (Å²) < 4.78 is 5.37. The summed E-state index contributed by atoms with van der Waals surface area (Å²) >= 11 is 0. The topological polar surface area (TPSA) is 79.8 Å². The van der Waals surface area contributed by atoms with Crippen LogP contribution in [0.5, 0.6) is 5.75 Å². The first kappa shape index (κ1) is 21.2. The van der Waals surface area contributed by atoms with E-state index in [0.717, 1.165) is 33.7 Å². The molecule has 0 heterocycles. The lowest BCUT2D eigenvalue weighted by atomic mass is 10.0. The van der Waals surface area contributed by atoms with E-state index in [1.807, 2.05) is 64.1 Å². The molecule has 0 aliphatic carbocycles. The fraction of sp³-hybridized carbons (Fsp3) is 0.318. The maximum absolute atomic E-state index is 12.1. The maximum Gasteiger partial charge on any atom is 0.240 e. The van der Waals surface area contributed by atoms with Gasteiger partial charge in [-0.05, 0) is 68.7 Å². The number of amides is 2. The molecule has 2 aromatic rings. The van der Waals surface area contributed by atoms with Crippen LogP contribution in [0.3, 0.4) is 0 Å². The first-order valence-corrected chi connectivity index (χ1v) is 9.31. The number of ether oxygens (including phenoxy) is 1. The van der Waals surface area contributed by atoms with Crippen molar-refractivity contribution in [2.24, 2.45) is 5.10 Å². The average Bonchev–Trinajstić information content (AvgIpc) is 2.64. The van der Waals surface area contributed by atoms with Crippen molar-refractivity contribution < 1.29 is 14.3 Å². The highest BCUT2D eigenvalue weighted by atomic mass is 16.5. The van der Waals surface area contributed by atoms with Crippen LogP contribution in [0.25, 0.3) is 0 Å². The predicted octanol–water partition coefficient (Wildman–Crippen LogP) is 3.88. The number of benzene rings is 2. The van der Waals surface area contributed by atoms with Gasteiger partial charge in [-0.25, -0.2) is 5.43 Å². The molecule has 6 heteroatoms. The molecule has 0 aliphatic rings. The zero-order valence-corrected chi connectivity index (χ0v) is 16.8. The van der Waals surface area contributed by atoms with Crippen molar-refractivity contribution in [2.75, 3.05) is 11.9 Å². The highest BCUT2D eigenvalue weighted by Gasteiger charge is 2.10. The van der Waals surface area contributed by atoms with Crippen LogP contribution in [-0.2, 0) is 9.59 Å². The van der Waals surface area contributed by atoms with Gasteiger partial charge in [0.2, 0.25) is 11.8 Å². The van der Waals surface area contributed by atoms with Gasteiger partial charge in [0, 0.05) is 18.5 Å². The zero-order chi connectivity index (χ0) is 20.5. The Balaban J connectivity index is 1.78.